The molecule has 2 aliphatic carbocycles. The highest BCUT2D eigenvalue weighted by atomic mass is 16.7. The van der Waals surface area contributed by atoms with Crippen LogP contribution in [0.1, 0.15) is 80.6 Å². The Morgan fingerprint density at radius 3 is 2.30 bits per heavy atom. The average Bonchev–Trinajstić information content (AvgIpc) is 3.00. The SMILES string of the molecule is C=C[C@](C)(O)CC[C@@]1(C)[C@H](C)C[C@H](O[C@@H]2O[C@@H](C)[C@H](O[C@@H]3O[C@H](COC(C)=O)[C@@H](O)[C@H](O)[C@H]3O)[C@@H](O)[C@H]2O)[C@@]2(C)C(C)=CCC[C@H]12. The van der Waals surface area contributed by atoms with E-state index in [1.807, 2.05) is 0 Å². The first kappa shape index (κ1) is 37.4. The molecular formula is C34H56O12. The Balaban J connectivity index is 1.49. The normalized spacial score (nSPS) is 47.7. The van der Waals surface area contributed by atoms with E-state index in [-0.39, 0.29) is 23.4 Å². The molecule has 4 aliphatic rings. The fourth-order valence-corrected chi connectivity index (χ4v) is 8.16. The van der Waals surface area contributed by atoms with Crippen molar-refractivity contribution in [3.63, 3.8) is 0 Å². The van der Waals surface area contributed by atoms with Gasteiger partial charge in [0.1, 0.15) is 49.3 Å². The molecule has 0 aromatic heterocycles. The second kappa shape index (κ2) is 14.2. The highest BCUT2D eigenvalue weighted by Gasteiger charge is 2.60. The summed E-state index contributed by atoms with van der Waals surface area (Å²) in [4.78, 5) is 11.3. The fourth-order valence-electron chi connectivity index (χ4n) is 8.16. The smallest absolute Gasteiger partial charge is 0.302 e. The summed E-state index contributed by atoms with van der Waals surface area (Å²) in [6.45, 7) is 16.9. The minimum absolute atomic E-state index is 0.0960. The van der Waals surface area contributed by atoms with Gasteiger partial charge >= 0.3 is 5.97 Å². The van der Waals surface area contributed by atoms with Crippen molar-refractivity contribution in [3.8, 4) is 0 Å². The van der Waals surface area contributed by atoms with Crippen LogP contribution in [-0.2, 0) is 28.5 Å². The van der Waals surface area contributed by atoms with Crippen LogP contribution in [0.25, 0.3) is 0 Å². The first-order valence-corrected chi connectivity index (χ1v) is 16.6. The van der Waals surface area contributed by atoms with Gasteiger partial charge in [-0.15, -0.1) is 6.58 Å². The summed E-state index contributed by atoms with van der Waals surface area (Å²) in [5.74, 6) is -0.178. The van der Waals surface area contributed by atoms with Crippen LogP contribution in [0.4, 0.5) is 0 Å². The Bertz CT molecular complexity index is 1110. The summed E-state index contributed by atoms with van der Waals surface area (Å²) in [6.07, 6.45) is -6.42. The van der Waals surface area contributed by atoms with Crippen LogP contribution < -0.4 is 0 Å². The molecule has 6 N–H and O–H groups in total. The highest BCUT2D eigenvalue weighted by molar-refractivity contribution is 5.65. The lowest BCUT2D eigenvalue weighted by molar-refractivity contribution is -0.364. The van der Waals surface area contributed by atoms with E-state index < -0.39 is 85.0 Å². The number of aliphatic hydroxyl groups is 6. The summed E-state index contributed by atoms with van der Waals surface area (Å²) in [5.41, 5.74) is -0.245. The number of aliphatic hydroxyl groups excluding tert-OH is 5. The number of hydrogen-bond acceptors (Lipinski definition) is 12. The largest absolute Gasteiger partial charge is 0.463 e. The average molecular weight is 657 g/mol. The molecule has 16 atom stereocenters. The Morgan fingerprint density at radius 1 is 1.04 bits per heavy atom. The molecule has 0 amide bonds. The van der Waals surface area contributed by atoms with Crippen molar-refractivity contribution in [3.05, 3.63) is 24.3 Å². The molecule has 12 nitrogen and oxygen atoms in total. The molecule has 264 valence electrons. The van der Waals surface area contributed by atoms with Crippen molar-refractivity contribution in [2.75, 3.05) is 6.61 Å². The molecule has 0 spiro atoms. The standard InChI is InChI=1S/C34H56O12/c1-9-32(6,41)13-14-33(7)18(3)15-23(34(8)17(2)11-10-12-22(33)34)45-30-28(40)26(38)29(19(4)43-30)46-31-27(39)25(37)24(36)21(44-31)16-42-20(5)35/h9,11,18-19,21-31,36-41H,1,10,12-16H2,2-8H3/t18-,19+,21-,22-,23+,24-,25+,26+,27-,28-,29+,30+,31+,32+,33+,34+/m1/s1. The van der Waals surface area contributed by atoms with Gasteiger partial charge in [0.25, 0.3) is 0 Å². The van der Waals surface area contributed by atoms with E-state index in [9.17, 15) is 35.4 Å². The topological polar surface area (TPSA) is 185 Å². The zero-order valence-electron chi connectivity index (χ0n) is 28.2. The lowest BCUT2D eigenvalue weighted by Crippen LogP contribution is -2.65. The monoisotopic (exact) mass is 656 g/mol. The third kappa shape index (κ3) is 7.12. The van der Waals surface area contributed by atoms with Crippen LogP contribution in [0, 0.1) is 22.7 Å². The van der Waals surface area contributed by atoms with E-state index in [1.165, 1.54) is 12.5 Å². The zero-order chi connectivity index (χ0) is 34.4. The number of fused-ring (bicyclic) bond motifs is 1. The third-order valence-corrected chi connectivity index (χ3v) is 11.7. The summed E-state index contributed by atoms with van der Waals surface area (Å²) in [6, 6.07) is 0. The van der Waals surface area contributed by atoms with Crippen LogP contribution in [-0.4, -0.2) is 116 Å². The fraction of sp³-hybridized carbons (Fsp3) is 0.853. The van der Waals surface area contributed by atoms with Crippen LogP contribution in [0.5, 0.6) is 0 Å². The molecule has 0 radical (unpaired) electrons. The van der Waals surface area contributed by atoms with Gasteiger partial charge in [-0.3, -0.25) is 4.79 Å². The second-order valence-corrected chi connectivity index (χ2v) is 14.7. The molecule has 0 unspecified atom stereocenters. The van der Waals surface area contributed by atoms with Gasteiger partial charge < -0.3 is 54.3 Å². The van der Waals surface area contributed by atoms with Crippen molar-refractivity contribution in [2.45, 2.75) is 154 Å². The Hall–Kier alpha value is -1.45. The molecule has 46 heavy (non-hydrogen) atoms. The number of esters is 1. The maximum absolute atomic E-state index is 11.3. The number of rotatable bonds is 10. The van der Waals surface area contributed by atoms with E-state index in [4.69, 9.17) is 23.7 Å². The van der Waals surface area contributed by atoms with Gasteiger partial charge in [0.05, 0.1) is 17.8 Å². The summed E-state index contributed by atoms with van der Waals surface area (Å²) in [7, 11) is 0. The number of carbonyl (C=O) groups excluding carboxylic acids is 1. The van der Waals surface area contributed by atoms with Gasteiger partial charge in [0.2, 0.25) is 0 Å². The first-order chi connectivity index (χ1) is 21.4. The summed E-state index contributed by atoms with van der Waals surface area (Å²) in [5, 5.41) is 64.5. The molecule has 0 aromatic rings. The van der Waals surface area contributed by atoms with Crippen molar-refractivity contribution in [1.29, 1.82) is 0 Å². The quantitative estimate of drug-likeness (QED) is 0.148. The Labute approximate surface area is 272 Å². The maximum Gasteiger partial charge on any atom is 0.302 e. The zero-order valence-corrected chi connectivity index (χ0v) is 28.2. The van der Waals surface area contributed by atoms with Gasteiger partial charge in [0.15, 0.2) is 12.6 Å². The van der Waals surface area contributed by atoms with Crippen LogP contribution in [0.15, 0.2) is 24.3 Å². The Kier molecular flexibility index (Phi) is 11.5. The third-order valence-electron chi connectivity index (χ3n) is 11.7. The Morgan fingerprint density at radius 2 is 1.67 bits per heavy atom. The molecule has 4 rings (SSSR count). The van der Waals surface area contributed by atoms with Crippen molar-refractivity contribution < 1.29 is 59.1 Å². The van der Waals surface area contributed by atoms with Crippen molar-refractivity contribution in [1.82, 2.24) is 0 Å². The minimum atomic E-state index is -1.69. The van der Waals surface area contributed by atoms with Gasteiger partial charge in [-0.05, 0) is 70.1 Å². The summed E-state index contributed by atoms with van der Waals surface area (Å²) < 4.78 is 29.1. The lowest BCUT2D eigenvalue weighted by Gasteiger charge is -2.61. The highest BCUT2D eigenvalue weighted by Crippen LogP contribution is 2.63. The molecule has 2 aliphatic heterocycles. The van der Waals surface area contributed by atoms with Crippen LogP contribution >= 0.6 is 0 Å². The predicted molar refractivity (Wildman–Crippen MR) is 166 cm³/mol. The maximum atomic E-state index is 11.3. The number of allylic oxidation sites excluding steroid dienone is 1. The van der Waals surface area contributed by atoms with Gasteiger partial charge in [-0.1, -0.05) is 38.5 Å². The molecule has 2 heterocycles. The van der Waals surface area contributed by atoms with Crippen LogP contribution in [0.2, 0.25) is 0 Å². The first-order valence-electron chi connectivity index (χ1n) is 16.6. The number of hydrogen-bond donors (Lipinski definition) is 6. The molecular weight excluding hydrogens is 600 g/mol. The second-order valence-electron chi connectivity index (χ2n) is 14.7. The van der Waals surface area contributed by atoms with Crippen LogP contribution in [0.3, 0.4) is 0 Å². The predicted octanol–water partition coefficient (Wildman–Crippen LogP) is 1.72. The van der Waals surface area contributed by atoms with E-state index in [0.717, 1.165) is 19.3 Å². The molecule has 0 bridgehead atoms. The molecule has 2 saturated heterocycles. The van der Waals surface area contributed by atoms with Crippen molar-refractivity contribution in [2.24, 2.45) is 22.7 Å². The van der Waals surface area contributed by atoms with Gasteiger partial charge in [-0.25, -0.2) is 0 Å². The molecule has 0 aromatic carbocycles. The van der Waals surface area contributed by atoms with Gasteiger partial charge in [-0.2, -0.15) is 0 Å². The van der Waals surface area contributed by atoms with E-state index in [1.54, 1.807) is 19.9 Å². The minimum Gasteiger partial charge on any atom is -0.463 e. The molecule has 3 fully saturated rings. The van der Waals surface area contributed by atoms with E-state index in [0.29, 0.717) is 12.8 Å². The van der Waals surface area contributed by atoms with E-state index >= 15 is 0 Å². The lowest BCUT2D eigenvalue weighted by atomic mass is 9.45. The number of ether oxygens (including phenoxy) is 5. The summed E-state index contributed by atoms with van der Waals surface area (Å²) >= 11 is 0. The van der Waals surface area contributed by atoms with E-state index in [2.05, 4.69) is 40.3 Å². The molecule has 12 heteroatoms. The number of carbonyl (C=O) groups is 1. The van der Waals surface area contributed by atoms with Gasteiger partial charge in [0, 0.05) is 12.3 Å². The van der Waals surface area contributed by atoms with Crippen molar-refractivity contribution >= 4 is 5.97 Å². The molecule has 1 saturated carbocycles.